The Kier molecular flexibility index (Phi) is 7.10. The highest BCUT2D eigenvalue weighted by molar-refractivity contribution is 7.80. The second-order valence-electron chi connectivity index (χ2n) is 7.47. The van der Waals surface area contributed by atoms with Gasteiger partial charge < -0.3 is 16.4 Å². The zero-order valence-electron chi connectivity index (χ0n) is 18.5. The molecule has 34 heavy (non-hydrogen) atoms. The SMILES string of the molecule is CC(=O)Nc1ccc(Nc2nc3c(-c4ccc(N)cc4)cccn3n2)cc1.Sc1ccccc1. The average Bonchev–Trinajstić information content (AvgIpc) is 3.24. The van der Waals surface area contributed by atoms with Crippen LogP contribution in [0, 0.1) is 0 Å². The number of nitrogens with one attached hydrogen (secondary N) is 2. The number of hydrogen-bond acceptors (Lipinski definition) is 6. The number of hydrogen-bond donors (Lipinski definition) is 4. The van der Waals surface area contributed by atoms with Crippen molar-refractivity contribution in [2.75, 3.05) is 16.4 Å². The van der Waals surface area contributed by atoms with Crippen LogP contribution >= 0.6 is 12.6 Å². The quantitative estimate of drug-likeness (QED) is 0.202. The molecule has 2 heterocycles. The molecule has 0 atom stereocenters. The number of fused-ring (bicyclic) bond motifs is 1. The maximum absolute atomic E-state index is 11.1. The number of thiol groups is 1. The predicted octanol–water partition coefficient (Wildman–Crippen LogP) is 5.66. The maximum atomic E-state index is 11.1. The van der Waals surface area contributed by atoms with Crippen molar-refractivity contribution < 1.29 is 4.79 Å². The molecule has 0 saturated carbocycles. The first kappa shape index (κ1) is 22.9. The lowest BCUT2D eigenvalue weighted by atomic mass is 10.1. The lowest BCUT2D eigenvalue weighted by Gasteiger charge is -2.04. The van der Waals surface area contributed by atoms with Gasteiger partial charge in [-0.25, -0.2) is 4.52 Å². The number of carbonyl (C=O) groups is 1. The molecule has 0 radical (unpaired) electrons. The van der Waals surface area contributed by atoms with E-state index in [0.717, 1.165) is 38.7 Å². The minimum Gasteiger partial charge on any atom is -0.399 e. The highest BCUT2D eigenvalue weighted by atomic mass is 32.1. The summed E-state index contributed by atoms with van der Waals surface area (Å²) in [7, 11) is 0. The number of benzene rings is 3. The van der Waals surface area contributed by atoms with Crippen molar-refractivity contribution >= 4 is 47.2 Å². The molecule has 0 unspecified atom stereocenters. The van der Waals surface area contributed by atoms with Crippen LogP contribution in [0.5, 0.6) is 0 Å². The molecule has 5 rings (SSSR count). The van der Waals surface area contributed by atoms with Gasteiger partial charge in [0.05, 0.1) is 0 Å². The van der Waals surface area contributed by atoms with E-state index in [1.165, 1.54) is 6.92 Å². The summed E-state index contributed by atoms with van der Waals surface area (Å²) in [6.07, 6.45) is 1.86. The van der Waals surface area contributed by atoms with Gasteiger partial charge in [0.1, 0.15) is 0 Å². The van der Waals surface area contributed by atoms with Gasteiger partial charge in [0.2, 0.25) is 11.9 Å². The van der Waals surface area contributed by atoms with Gasteiger partial charge >= 0.3 is 0 Å². The molecular formula is C26H24N6OS. The monoisotopic (exact) mass is 468 g/mol. The minimum atomic E-state index is -0.104. The lowest BCUT2D eigenvalue weighted by molar-refractivity contribution is -0.114. The van der Waals surface area contributed by atoms with Crippen LogP contribution in [-0.4, -0.2) is 20.5 Å². The van der Waals surface area contributed by atoms with Gasteiger partial charge in [0.15, 0.2) is 5.65 Å². The van der Waals surface area contributed by atoms with Crippen LogP contribution in [0.15, 0.2) is 102 Å². The number of carbonyl (C=O) groups excluding carboxylic acids is 1. The number of nitrogen functional groups attached to an aromatic ring is 1. The molecule has 3 aromatic carbocycles. The Morgan fingerprint density at radius 1 is 0.882 bits per heavy atom. The van der Waals surface area contributed by atoms with Crippen molar-refractivity contribution in [2.24, 2.45) is 0 Å². The zero-order chi connectivity index (χ0) is 23.9. The van der Waals surface area contributed by atoms with Crippen LogP contribution in [0.25, 0.3) is 16.8 Å². The van der Waals surface area contributed by atoms with Gasteiger partial charge in [-0.15, -0.1) is 17.7 Å². The van der Waals surface area contributed by atoms with Gasteiger partial charge in [-0.2, -0.15) is 4.98 Å². The topological polar surface area (TPSA) is 97.3 Å². The Labute approximate surface area is 203 Å². The molecule has 0 aliphatic carbocycles. The second kappa shape index (κ2) is 10.5. The van der Waals surface area contributed by atoms with Gasteiger partial charge in [-0.1, -0.05) is 30.3 Å². The molecule has 0 bridgehead atoms. The summed E-state index contributed by atoms with van der Waals surface area (Å²) < 4.78 is 1.74. The Balaban J connectivity index is 0.000000336. The fourth-order valence-electron chi connectivity index (χ4n) is 3.24. The summed E-state index contributed by atoms with van der Waals surface area (Å²) in [6, 6.07) is 28.7. The fraction of sp³-hybridized carbons (Fsp3) is 0.0385. The number of pyridine rings is 1. The summed E-state index contributed by atoms with van der Waals surface area (Å²) in [4.78, 5) is 16.7. The molecular weight excluding hydrogens is 444 g/mol. The molecule has 0 aliphatic heterocycles. The van der Waals surface area contributed by atoms with E-state index in [0.29, 0.717) is 5.95 Å². The molecule has 5 aromatic rings. The molecule has 7 nitrogen and oxygen atoms in total. The highest BCUT2D eigenvalue weighted by Gasteiger charge is 2.10. The molecule has 8 heteroatoms. The summed E-state index contributed by atoms with van der Waals surface area (Å²) in [5, 5.41) is 10.4. The van der Waals surface area contributed by atoms with Crippen molar-refractivity contribution in [2.45, 2.75) is 11.8 Å². The number of aromatic nitrogens is 3. The van der Waals surface area contributed by atoms with Crippen molar-refractivity contribution in [1.29, 1.82) is 0 Å². The summed E-state index contributed by atoms with van der Waals surface area (Å²) in [6.45, 7) is 1.48. The summed E-state index contributed by atoms with van der Waals surface area (Å²) in [5.74, 6) is 0.387. The van der Waals surface area contributed by atoms with Crippen LogP contribution in [0.1, 0.15) is 6.92 Å². The van der Waals surface area contributed by atoms with Crippen molar-refractivity contribution in [1.82, 2.24) is 14.6 Å². The highest BCUT2D eigenvalue weighted by Crippen LogP contribution is 2.26. The third-order valence-corrected chi connectivity index (χ3v) is 5.10. The molecule has 4 N–H and O–H groups in total. The number of anilines is 4. The Morgan fingerprint density at radius 2 is 1.56 bits per heavy atom. The maximum Gasteiger partial charge on any atom is 0.247 e. The summed E-state index contributed by atoms with van der Waals surface area (Å²) in [5.41, 5.74) is 10.8. The first-order chi connectivity index (χ1) is 16.5. The largest absolute Gasteiger partial charge is 0.399 e. The van der Waals surface area contributed by atoms with E-state index in [1.54, 1.807) is 4.52 Å². The van der Waals surface area contributed by atoms with Gasteiger partial charge in [-0.3, -0.25) is 4.79 Å². The van der Waals surface area contributed by atoms with E-state index >= 15 is 0 Å². The smallest absolute Gasteiger partial charge is 0.247 e. The van der Waals surface area contributed by atoms with E-state index in [2.05, 4.69) is 33.3 Å². The molecule has 170 valence electrons. The number of nitrogens with zero attached hydrogens (tertiary/aromatic N) is 3. The van der Waals surface area contributed by atoms with Crippen LogP contribution in [0.3, 0.4) is 0 Å². The zero-order valence-corrected chi connectivity index (χ0v) is 19.4. The molecule has 2 aromatic heterocycles. The van der Waals surface area contributed by atoms with E-state index in [9.17, 15) is 4.79 Å². The molecule has 0 spiro atoms. The average molecular weight is 469 g/mol. The lowest BCUT2D eigenvalue weighted by Crippen LogP contribution is -2.05. The number of nitrogens with two attached hydrogens (primary N) is 1. The van der Waals surface area contributed by atoms with Crippen LogP contribution in [0.2, 0.25) is 0 Å². The molecule has 1 amide bonds. The van der Waals surface area contributed by atoms with Crippen LogP contribution < -0.4 is 16.4 Å². The fourth-order valence-corrected chi connectivity index (χ4v) is 3.42. The minimum absolute atomic E-state index is 0.104. The van der Waals surface area contributed by atoms with Crippen molar-refractivity contribution in [3.63, 3.8) is 0 Å². The van der Waals surface area contributed by atoms with Gasteiger partial charge in [0, 0.05) is 40.6 Å². The Morgan fingerprint density at radius 3 is 2.18 bits per heavy atom. The molecule has 0 saturated heterocycles. The Bertz CT molecular complexity index is 1380. The van der Waals surface area contributed by atoms with Crippen molar-refractivity contribution in [3.8, 4) is 11.1 Å². The first-order valence-electron chi connectivity index (χ1n) is 10.6. The first-order valence-corrected chi connectivity index (χ1v) is 11.0. The summed E-state index contributed by atoms with van der Waals surface area (Å²) >= 11 is 4.08. The van der Waals surface area contributed by atoms with E-state index in [-0.39, 0.29) is 5.91 Å². The van der Waals surface area contributed by atoms with Crippen LogP contribution in [-0.2, 0) is 4.79 Å². The normalized spacial score (nSPS) is 10.3. The van der Waals surface area contributed by atoms with E-state index in [4.69, 9.17) is 5.73 Å². The predicted molar refractivity (Wildman–Crippen MR) is 141 cm³/mol. The van der Waals surface area contributed by atoms with Gasteiger partial charge in [0.25, 0.3) is 0 Å². The number of amides is 1. The molecule has 0 fully saturated rings. The molecule has 0 aliphatic rings. The van der Waals surface area contributed by atoms with Gasteiger partial charge in [-0.05, 0) is 66.2 Å². The van der Waals surface area contributed by atoms with E-state index < -0.39 is 0 Å². The standard InChI is InChI=1S/C20H18N6O.C6H6S/c1-13(27)22-16-8-10-17(11-9-16)23-20-24-19-18(3-2-12-26(19)25-20)14-4-6-15(21)7-5-14;7-6-4-2-1-3-5-6/h2-12H,21H2,1H3,(H,22,27)(H,23,25);1-5,7H. The Hall–Kier alpha value is -4.30. The third-order valence-electron chi connectivity index (χ3n) is 4.80. The van der Waals surface area contributed by atoms with Crippen LogP contribution in [0.4, 0.5) is 23.0 Å². The van der Waals surface area contributed by atoms with Crippen molar-refractivity contribution in [3.05, 3.63) is 97.2 Å². The number of rotatable bonds is 4. The second-order valence-corrected chi connectivity index (χ2v) is 7.98. The third kappa shape index (κ3) is 5.93. The van der Waals surface area contributed by atoms with E-state index in [1.807, 2.05) is 97.2 Å².